The number of fused-ring (bicyclic) bond motifs is 2. The fraction of sp³-hybridized carbons (Fsp3) is 0.400. The third-order valence-corrected chi connectivity index (χ3v) is 4.97. The van der Waals surface area contributed by atoms with E-state index in [4.69, 9.17) is 9.47 Å². The summed E-state index contributed by atoms with van der Waals surface area (Å²) in [6, 6.07) is 8.35. The zero-order valence-electron chi connectivity index (χ0n) is 14.2. The zero-order chi connectivity index (χ0) is 16.7. The lowest BCUT2D eigenvalue weighted by atomic mass is 9.77. The summed E-state index contributed by atoms with van der Waals surface area (Å²) in [4.78, 5) is 0. The van der Waals surface area contributed by atoms with E-state index in [-0.39, 0.29) is 11.8 Å². The summed E-state index contributed by atoms with van der Waals surface area (Å²) in [5, 5.41) is 14.1. The van der Waals surface area contributed by atoms with E-state index in [1.54, 1.807) is 7.11 Å². The van der Waals surface area contributed by atoms with Gasteiger partial charge in [0.1, 0.15) is 5.75 Å². The zero-order valence-corrected chi connectivity index (χ0v) is 14.2. The highest BCUT2D eigenvalue weighted by atomic mass is 16.5. The highest BCUT2D eigenvalue weighted by Gasteiger charge is 2.34. The van der Waals surface area contributed by atoms with Crippen LogP contribution in [-0.4, -0.2) is 25.4 Å². The van der Waals surface area contributed by atoms with Crippen LogP contribution in [0.2, 0.25) is 0 Å². The van der Waals surface area contributed by atoms with E-state index >= 15 is 0 Å². The van der Waals surface area contributed by atoms with E-state index in [0.29, 0.717) is 12.4 Å². The quantitative estimate of drug-likeness (QED) is 0.902. The molecule has 1 aliphatic carbocycles. The van der Waals surface area contributed by atoms with Gasteiger partial charge in [-0.3, -0.25) is 0 Å². The monoisotopic (exact) mass is 325 g/mol. The Kier molecular flexibility index (Phi) is 3.85. The molecule has 4 heteroatoms. The summed E-state index contributed by atoms with van der Waals surface area (Å²) in [5.41, 5.74) is 5.79. The molecule has 24 heavy (non-hydrogen) atoms. The Labute approximate surface area is 142 Å². The van der Waals surface area contributed by atoms with Gasteiger partial charge in [-0.15, -0.1) is 0 Å². The smallest absolute Gasteiger partial charge is 0.168 e. The molecular weight excluding hydrogens is 302 g/mol. The predicted octanol–water partition coefficient (Wildman–Crippen LogP) is 3.60. The summed E-state index contributed by atoms with van der Waals surface area (Å²) in [5.74, 6) is 1.64. The number of methoxy groups -OCH3 is 1. The van der Waals surface area contributed by atoms with Gasteiger partial charge >= 0.3 is 0 Å². The maximum Gasteiger partial charge on any atom is 0.168 e. The first-order chi connectivity index (χ1) is 11.7. The third kappa shape index (κ3) is 2.25. The van der Waals surface area contributed by atoms with Crippen molar-refractivity contribution in [2.45, 2.75) is 32.2 Å². The van der Waals surface area contributed by atoms with Crippen molar-refractivity contribution in [1.29, 1.82) is 0 Å². The van der Waals surface area contributed by atoms with Gasteiger partial charge in [0.05, 0.1) is 13.7 Å². The lowest BCUT2D eigenvalue weighted by molar-refractivity contribution is 0.317. The van der Waals surface area contributed by atoms with E-state index in [1.165, 1.54) is 16.7 Å². The summed E-state index contributed by atoms with van der Waals surface area (Å²) in [7, 11) is 1.62. The number of hydrogen-bond acceptors (Lipinski definition) is 4. The van der Waals surface area contributed by atoms with Gasteiger partial charge in [-0.25, -0.2) is 0 Å². The standard InChI is InChI=1S/C20H23NO3/c1-3-9-24-16-6-4-5-12-10-14-17-13(7-8-21-14)11-15(22)20(23-2)19(17)18(12)16/h4-6,11,14,21-22H,3,7-10H2,1-2H3. The maximum absolute atomic E-state index is 10.5. The van der Waals surface area contributed by atoms with Gasteiger partial charge in [0.25, 0.3) is 0 Å². The SMILES string of the molecule is CCCOc1cccc2c1-c1c(OC)c(O)cc3c1C(C2)NCC3. The van der Waals surface area contributed by atoms with Crippen LogP contribution in [0, 0.1) is 0 Å². The van der Waals surface area contributed by atoms with E-state index in [1.807, 2.05) is 18.2 Å². The van der Waals surface area contributed by atoms with Crippen molar-refractivity contribution < 1.29 is 14.6 Å². The van der Waals surface area contributed by atoms with Gasteiger partial charge in [-0.1, -0.05) is 19.1 Å². The first-order valence-corrected chi connectivity index (χ1v) is 8.65. The molecule has 126 valence electrons. The molecule has 2 aliphatic rings. The van der Waals surface area contributed by atoms with Crippen LogP contribution in [0.15, 0.2) is 24.3 Å². The molecule has 1 unspecified atom stereocenters. The van der Waals surface area contributed by atoms with E-state index in [2.05, 4.69) is 18.3 Å². The molecule has 4 rings (SSSR count). The van der Waals surface area contributed by atoms with E-state index in [9.17, 15) is 5.11 Å². The molecule has 0 saturated heterocycles. The second-order valence-electron chi connectivity index (χ2n) is 6.48. The van der Waals surface area contributed by atoms with Crippen molar-refractivity contribution >= 4 is 0 Å². The van der Waals surface area contributed by atoms with Crippen LogP contribution < -0.4 is 14.8 Å². The molecule has 0 saturated carbocycles. The first kappa shape index (κ1) is 15.3. The molecule has 0 radical (unpaired) electrons. The molecule has 2 N–H and O–H groups in total. The van der Waals surface area contributed by atoms with Crippen LogP contribution in [0.4, 0.5) is 0 Å². The summed E-state index contributed by atoms with van der Waals surface area (Å²) in [6.45, 7) is 3.72. The second-order valence-corrected chi connectivity index (χ2v) is 6.48. The molecule has 0 aromatic heterocycles. The first-order valence-electron chi connectivity index (χ1n) is 8.65. The van der Waals surface area contributed by atoms with Crippen LogP contribution in [0.25, 0.3) is 11.1 Å². The molecule has 2 aromatic carbocycles. The predicted molar refractivity (Wildman–Crippen MR) is 94.0 cm³/mol. The average molecular weight is 325 g/mol. The van der Waals surface area contributed by atoms with Gasteiger partial charge in [-0.05, 0) is 54.6 Å². The number of phenols is 1. The number of rotatable bonds is 4. The number of benzene rings is 2. The van der Waals surface area contributed by atoms with Gasteiger partial charge in [-0.2, -0.15) is 0 Å². The molecule has 0 amide bonds. The van der Waals surface area contributed by atoms with Crippen LogP contribution in [0.5, 0.6) is 17.2 Å². The summed E-state index contributed by atoms with van der Waals surface area (Å²) < 4.78 is 11.6. The minimum Gasteiger partial charge on any atom is -0.504 e. The summed E-state index contributed by atoms with van der Waals surface area (Å²) in [6.07, 6.45) is 2.82. The molecule has 0 bridgehead atoms. The number of ether oxygens (including phenoxy) is 2. The lowest BCUT2D eigenvalue weighted by Gasteiger charge is -2.36. The van der Waals surface area contributed by atoms with Crippen LogP contribution in [0.1, 0.15) is 36.1 Å². The lowest BCUT2D eigenvalue weighted by Crippen LogP contribution is -2.34. The molecule has 1 atom stereocenters. The molecule has 0 spiro atoms. The normalized spacial score (nSPS) is 17.8. The van der Waals surface area contributed by atoms with Crippen molar-refractivity contribution in [3.05, 3.63) is 41.0 Å². The fourth-order valence-electron chi connectivity index (χ4n) is 4.02. The third-order valence-electron chi connectivity index (χ3n) is 4.97. The van der Waals surface area contributed by atoms with Crippen LogP contribution in [-0.2, 0) is 12.8 Å². The Hall–Kier alpha value is -2.20. The largest absolute Gasteiger partial charge is 0.504 e. The number of hydrogen-bond donors (Lipinski definition) is 2. The molecular formula is C20H23NO3. The van der Waals surface area contributed by atoms with Crippen molar-refractivity contribution in [3.63, 3.8) is 0 Å². The minimum atomic E-state index is 0.213. The van der Waals surface area contributed by atoms with Crippen LogP contribution >= 0.6 is 0 Å². The number of phenolic OH excluding ortho intramolecular Hbond substituents is 1. The molecule has 1 heterocycles. The topological polar surface area (TPSA) is 50.7 Å². The van der Waals surface area contributed by atoms with Gasteiger partial charge in [0, 0.05) is 17.2 Å². The van der Waals surface area contributed by atoms with Crippen LogP contribution in [0.3, 0.4) is 0 Å². The molecule has 0 fully saturated rings. The van der Waals surface area contributed by atoms with Crippen molar-refractivity contribution in [2.24, 2.45) is 0 Å². The van der Waals surface area contributed by atoms with Crippen molar-refractivity contribution in [1.82, 2.24) is 5.32 Å². The minimum absolute atomic E-state index is 0.213. The maximum atomic E-state index is 10.5. The average Bonchev–Trinajstić information content (AvgIpc) is 2.59. The molecule has 4 nitrogen and oxygen atoms in total. The van der Waals surface area contributed by atoms with E-state index in [0.717, 1.165) is 42.7 Å². The second kappa shape index (κ2) is 6.02. The number of aromatic hydroxyl groups is 1. The van der Waals surface area contributed by atoms with Gasteiger partial charge in [0.15, 0.2) is 11.5 Å². The van der Waals surface area contributed by atoms with Gasteiger partial charge in [0.2, 0.25) is 0 Å². The summed E-state index contributed by atoms with van der Waals surface area (Å²) >= 11 is 0. The Morgan fingerprint density at radius 1 is 1.25 bits per heavy atom. The highest BCUT2D eigenvalue weighted by Crippen LogP contribution is 2.52. The van der Waals surface area contributed by atoms with Crippen molar-refractivity contribution in [2.75, 3.05) is 20.3 Å². The Morgan fingerprint density at radius 3 is 2.92 bits per heavy atom. The Bertz CT molecular complexity index is 785. The fourth-order valence-corrected chi connectivity index (χ4v) is 4.02. The Balaban J connectivity index is 2.01. The van der Waals surface area contributed by atoms with E-state index < -0.39 is 0 Å². The van der Waals surface area contributed by atoms with Crippen molar-refractivity contribution in [3.8, 4) is 28.4 Å². The Morgan fingerprint density at radius 2 is 2.12 bits per heavy atom. The molecule has 2 aromatic rings. The highest BCUT2D eigenvalue weighted by molar-refractivity contribution is 5.87. The van der Waals surface area contributed by atoms with Gasteiger partial charge < -0.3 is 19.9 Å². The molecule has 1 aliphatic heterocycles. The number of nitrogens with one attached hydrogen (secondary N) is 1.